The zero-order valence-corrected chi connectivity index (χ0v) is 14.1. The van der Waals surface area contributed by atoms with Gasteiger partial charge in [0.1, 0.15) is 18.1 Å². The summed E-state index contributed by atoms with van der Waals surface area (Å²) in [7, 11) is 0. The molecular weight excluding hydrogens is 346 g/mol. The van der Waals surface area contributed by atoms with Crippen LogP contribution in [0.15, 0.2) is 41.9 Å². The van der Waals surface area contributed by atoms with Gasteiger partial charge < -0.3 is 26.4 Å². The number of carbonyl (C=O) groups is 2. The number of halogens is 1. The molecule has 0 radical (unpaired) electrons. The molecule has 25 heavy (non-hydrogen) atoms. The summed E-state index contributed by atoms with van der Waals surface area (Å²) in [6.07, 6.45) is 0. The number of nitrogens with zero attached hydrogens (tertiary/aromatic N) is 1. The third-order valence-corrected chi connectivity index (χ3v) is 3.55. The maximum atomic E-state index is 12.2. The van der Waals surface area contributed by atoms with Gasteiger partial charge in [-0.1, -0.05) is 18.2 Å². The van der Waals surface area contributed by atoms with Crippen LogP contribution in [0.4, 0.5) is 4.79 Å². The quantitative estimate of drug-likeness (QED) is 0.624. The summed E-state index contributed by atoms with van der Waals surface area (Å²) >= 11 is 6.02. The molecule has 0 unspecified atom stereocenters. The Labute approximate surface area is 149 Å². The molecule has 8 nitrogen and oxygen atoms in total. The molecule has 0 saturated carbocycles. The fourth-order valence-corrected chi connectivity index (χ4v) is 2.22. The molecule has 1 aliphatic heterocycles. The maximum Gasteiger partial charge on any atom is 0.323 e. The number of nitriles is 1. The van der Waals surface area contributed by atoms with Crippen LogP contribution < -0.4 is 26.4 Å². The Balaban J connectivity index is 1.96. The normalized spacial score (nSPS) is 14.9. The topological polar surface area (TPSA) is 129 Å². The second kappa shape index (κ2) is 7.59. The van der Waals surface area contributed by atoms with Crippen LogP contribution in [-0.4, -0.2) is 24.6 Å². The number of rotatable bonds is 5. The lowest BCUT2D eigenvalue weighted by Crippen LogP contribution is -2.49. The van der Waals surface area contributed by atoms with Gasteiger partial charge in [-0.2, -0.15) is 5.26 Å². The number of nitrogens with one attached hydrogen (secondary N) is 3. The van der Waals surface area contributed by atoms with E-state index in [1.807, 2.05) is 6.07 Å². The number of carbonyl (C=O) groups excluding carboxylic acids is 2. The van der Waals surface area contributed by atoms with Crippen molar-refractivity contribution < 1.29 is 14.3 Å². The molecule has 1 atom stereocenters. The Hall–Kier alpha value is -3.18. The molecule has 0 fully saturated rings. The van der Waals surface area contributed by atoms with Crippen molar-refractivity contribution in [3.05, 3.63) is 52.5 Å². The van der Waals surface area contributed by atoms with Crippen LogP contribution in [0.3, 0.4) is 0 Å². The minimum absolute atomic E-state index is 0.0559. The summed E-state index contributed by atoms with van der Waals surface area (Å²) in [5.74, 6) is -0.167. The summed E-state index contributed by atoms with van der Waals surface area (Å²) in [6.45, 7) is 5.40. The van der Waals surface area contributed by atoms with Crippen LogP contribution in [0.1, 0.15) is 12.5 Å². The Kier molecular flexibility index (Phi) is 5.52. The van der Waals surface area contributed by atoms with Gasteiger partial charge in [0.15, 0.2) is 0 Å². The molecule has 9 heteroatoms. The zero-order chi connectivity index (χ0) is 18.6. The van der Waals surface area contributed by atoms with E-state index in [0.29, 0.717) is 16.3 Å². The second-order valence-electron chi connectivity index (χ2n) is 5.29. The average molecular weight is 362 g/mol. The molecule has 0 aromatic heterocycles. The molecule has 0 bridgehead atoms. The highest BCUT2D eigenvalue weighted by Gasteiger charge is 2.24. The number of amides is 3. The lowest BCUT2D eigenvalue weighted by Gasteiger charge is -2.22. The first kappa shape index (κ1) is 18.2. The van der Waals surface area contributed by atoms with Crippen LogP contribution in [0.25, 0.3) is 0 Å². The van der Waals surface area contributed by atoms with Crippen molar-refractivity contribution in [2.75, 3.05) is 6.61 Å². The number of hydrogen-bond donors (Lipinski definition) is 4. The molecule has 1 heterocycles. The minimum Gasteiger partial charge on any atom is -0.490 e. The second-order valence-corrected chi connectivity index (χ2v) is 5.70. The standard InChI is InChI=1S/C16H16ClN5O3/c1-8(7-25-12-4-3-10(6-18)5-11(12)17)20-15(23)14-13(19)9(2)21-16(24)22-14/h3-5,8H,2,7,19H2,1H3,(H,20,23)(H2,21,22,24)/t8-/m1/s1. The van der Waals surface area contributed by atoms with Gasteiger partial charge in [0, 0.05) is 0 Å². The first-order chi connectivity index (χ1) is 11.8. The Morgan fingerprint density at radius 1 is 1.52 bits per heavy atom. The van der Waals surface area contributed by atoms with Crippen LogP contribution in [0.5, 0.6) is 5.75 Å². The highest BCUT2D eigenvalue weighted by molar-refractivity contribution is 6.32. The minimum atomic E-state index is -0.586. The van der Waals surface area contributed by atoms with E-state index in [0.717, 1.165) is 0 Å². The summed E-state index contributed by atoms with van der Waals surface area (Å²) in [5, 5.41) is 16.4. The first-order valence-corrected chi connectivity index (χ1v) is 7.60. The number of ether oxygens (including phenoxy) is 1. The van der Waals surface area contributed by atoms with Gasteiger partial charge in [0.25, 0.3) is 5.91 Å². The van der Waals surface area contributed by atoms with Crippen LogP contribution >= 0.6 is 11.6 Å². The number of benzene rings is 1. The largest absolute Gasteiger partial charge is 0.490 e. The van der Waals surface area contributed by atoms with Gasteiger partial charge in [-0.3, -0.25) is 4.79 Å². The van der Waals surface area contributed by atoms with Gasteiger partial charge in [-0.15, -0.1) is 0 Å². The van der Waals surface area contributed by atoms with Gasteiger partial charge >= 0.3 is 6.03 Å². The van der Waals surface area contributed by atoms with Crippen molar-refractivity contribution in [1.82, 2.24) is 16.0 Å². The van der Waals surface area contributed by atoms with E-state index in [1.165, 1.54) is 6.07 Å². The molecule has 1 aromatic rings. The van der Waals surface area contributed by atoms with Crippen molar-refractivity contribution in [2.45, 2.75) is 13.0 Å². The summed E-state index contributed by atoms with van der Waals surface area (Å²) in [6, 6.07) is 5.62. The number of urea groups is 1. The molecule has 1 aliphatic rings. The molecular formula is C16H16ClN5O3. The average Bonchev–Trinajstić information content (AvgIpc) is 2.56. The van der Waals surface area contributed by atoms with E-state index in [4.69, 9.17) is 27.3 Å². The lowest BCUT2D eigenvalue weighted by atomic mass is 10.2. The maximum absolute atomic E-state index is 12.2. The first-order valence-electron chi connectivity index (χ1n) is 7.22. The van der Waals surface area contributed by atoms with E-state index in [-0.39, 0.29) is 23.7 Å². The zero-order valence-electron chi connectivity index (χ0n) is 13.4. The van der Waals surface area contributed by atoms with Crippen molar-refractivity contribution in [3.63, 3.8) is 0 Å². The van der Waals surface area contributed by atoms with E-state index in [2.05, 4.69) is 22.5 Å². The summed E-state index contributed by atoms with van der Waals surface area (Å²) in [5.41, 5.74) is 6.30. The molecule has 3 amide bonds. The van der Waals surface area contributed by atoms with E-state index >= 15 is 0 Å². The van der Waals surface area contributed by atoms with Gasteiger partial charge in [0.2, 0.25) is 0 Å². The molecule has 0 spiro atoms. The van der Waals surface area contributed by atoms with Crippen LogP contribution in [0, 0.1) is 11.3 Å². The molecule has 1 aromatic carbocycles. The lowest BCUT2D eigenvalue weighted by molar-refractivity contribution is -0.118. The van der Waals surface area contributed by atoms with Crippen molar-refractivity contribution in [2.24, 2.45) is 5.73 Å². The fourth-order valence-electron chi connectivity index (χ4n) is 1.99. The van der Waals surface area contributed by atoms with Crippen molar-refractivity contribution >= 4 is 23.5 Å². The van der Waals surface area contributed by atoms with E-state index < -0.39 is 18.0 Å². The fraction of sp³-hybridized carbons (Fsp3) is 0.188. The Bertz CT molecular complexity index is 812. The third-order valence-electron chi connectivity index (χ3n) is 3.25. The van der Waals surface area contributed by atoms with E-state index in [1.54, 1.807) is 19.1 Å². The Morgan fingerprint density at radius 3 is 2.88 bits per heavy atom. The molecule has 0 aliphatic carbocycles. The monoisotopic (exact) mass is 361 g/mol. The Morgan fingerprint density at radius 2 is 2.24 bits per heavy atom. The summed E-state index contributed by atoms with van der Waals surface area (Å²) in [4.78, 5) is 23.6. The van der Waals surface area contributed by atoms with E-state index in [9.17, 15) is 9.59 Å². The highest BCUT2D eigenvalue weighted by atomic mass is 35.5. The number of nitrogens with two attached hydrogens (primary N) is 1. The summed E-state index contributed by atoms with van der Waals surface area (Å²) < 4.78 is 5.53. The van der Waals surface area contributed by atoms with Crippen molar-refractivity contribution in [3.8, 4) is 11.8 Å². The molecule has 5 N–H and O–H groups in total. The van der Waals surface area contributed by atoms with Gasteiger partial charge in [0.05, 0.1) is 34.1 Å². The van der Waals surface area contributed by atoms with Crippen molar-refractivity contribution in [1.29, 1.82) is 5.26 Å². The molecule has 2 rings (SSSR count). The SMILES string of the molecule is C=C1NC(=O)NC(C(=O)N[C@H](C)COc2ccc(C#N)cc2Cl)=C1N. The van der Waals surface area contributed by atoms with Gasteiger partial charge in [-0.25, -0.2) is 4.79 Å². The number of hydrogen-bond acceptors (Lipinski definition) is 5. The predicted octanol–water partition coefficient (Wildman–Crippen LogP) is 1.09. The highest BCUT2D eigenvalue weighted by Crippen LogP contribution is 2.25. The third kappa shape index (κ3) is 4.43. The van der Waals surface area contributed by atoms with Crippen LogP contribution in [-0.2, 0) is 4.79 Å². The van der Waals surface area contributed by atoms with Gasteiger partial charge in [-0.05, 0) is 25.1 Å². The molecule has 130 valence electrons. The predicted molar refractivity (Wildman–Crippen MR) is 91.3 cm³/mol. The van der Waals surface area contributed by atoms with Crippen LogP contribution in [0.2, 0.25) is 5.02 Å². The molecule has 0 saturated heterocycles. The smallest absolute Gasteiger partial charge is 0.323 e.